The molecule has 4 rings (SSSR count). The molecule has 0 unspecified atom stereocenters. The Bertz CT molecular complexity index is 1160. The van der Waals surface area contributed by atoms with Crippen LogP contribution in [0.5, 0.6) is 11.5 Å². The van der Waals surface area contributed by atoms with Crippen molar-refractivity contribution in [3.05, 3.63) is 53.6 Å². The molecule has 0 N–H and O–H groups in total. The summed E-state index contributed by atoms with van der Waals surface area (Å²) in [5, 5.41) is 2.07. The van der Waals surface area contributed by atoms with E-state index >= 15 is 0 Å². The summed E-state index contributed by atoms with van der Waals surface area (Å²) in [5.41, 5.74) is 3.76. The van der Waals surface area contributed by atoms with Crippen molar-refractivity contribution in [1.82, 2.24) is 24.9 Å². The number of hydrogen-bond donors (Lipinski definition) is 0. The third kappa shape index (κ3) is 6.64. The smallest absolute Gasteiger partial charge is 0.162 e. The normalized spacial score (nSPS) is 9.19. The maximum Gasteiger partial charge on any atom is 0.162 e. The van der Waals surface area contributed by atoms with Crippen LogP contribution in [0.2, 0.25) is 0 Å². The van der Waals surface area contributed by atoms with Crippen molar-refractivity contribution in [2.75, 3.05) is 14.2 Å². The van der Waals surface area contributed by atoms with E-state index in [9.17, 15) is 0 Å². The number of fused-ring (bicyclic) bond motifs is 2. The van der Waals surface area contributed by atoms with Crippen LogP contribution in [0.3, 0.4) is 0 Å². The van der Waals surface area contributed by atoms with Gasteiger partial charge in [0.25, 0.3) is 0 Å². The lowest BCUT2D eigenvalue weighted by atomic mass is 10.1. The Kier molecular flexibility index (Phi) is 12.8. The van der Waals surface area contributed by atoms with Crippen molar-refractivity contribution in [3.8, 4) is 11.5 Å². The molecule has 4 aromatic rings. The molecule has 1 aromatic carbocycles. The van der Waals surface area contributed by atoms with Gasteiger partial charge in [-0.1, -0.05) is 14.9 Å². The molecule has 0 spiro atoms. The summed E-state index contributed by atoms with van der Waals surface area (Å²) in [7, 11) is 3.23. The lowest BCUT2D eigenvalue weighted by molar-refractivity contribution is 0.355. The van der Waals surface area contributed by atoms with Crippen LogP contribution in [0.4, 0.5) is 0 Å². The molecule has 3 aromatic heterocycles. The van der Waals surface area contributed by atoms with E-state index in [2.05, 4.69) is 24.9 Å². The Balaban J connectivity index is 0. The van der Waals surface area contributed by atoms with Crippen LogP contribution >= 0.6 is 0 Å². The molecular weight excluding hydrogens is 400 g/mol. The second-order valence-electron chi connectivity index (χ2n) is 6.33. The minimum Gasteiger partial charge on any atom is -0.493 e. The van der Waals surface area contributed by atoms with Gasteiger partial charge in [-0.05, 0) is 39.8 Å². The van der Waals surface area contributed by atoms with Gasteiger partial charge in [0.05, 0.1) is 31.4 Å². The van der Waals surface area contributed by atoms with Gasteiger partial charge in [-0.2, -0.15) is 0 Å². The van der Waals surface area contributed by atoms with Gasteiger partial charge in [-0.25, -0.2) is 19.9 Å². The maximum atomic E-state index is 5.25. The maximum absolute atomic E-state index is 5.25. The zero-order valence-corrected chi connectivity index (χ0v) is 18.1. The van der Waals surface area contributed by atoms with E-state index in [0.29, 0.717) is 11.5 Å². The fourth-order valence-electron chi connectivity index (χ4n) is 3.04. The van der Waals surface area contributed by atoms with E-state index in [1.54, 1.807) is 26.6 Å². The van der Waals surface area contributed by atoms with Crippen LogP contribution < -0.4 is 9.47 Å². The topological polar surface area (TPSA) is 82.9 Å². The fourth-order valence-corrected chi connectivity index (χ4v) is 3.04. The standard InChI is InChI=1S/C12H14N2O2.C9H9N3.2CH4.2B/c1-7-9-5-11(15-3)12(16-4)6-10(9)14-8(2)13-7;1-6-8-3-4-10-5-9(8)12-7(2)11-6;;;;/h5-6H,1-4H3;3-5H,1-2H3;2*1H4;;. The monoisotopic (exact) mass is 431 g/mol. The second-order valence-corrected chi connectivity index (χ2v) is 6.33. The number of nitrogens with zero attached hydrogens (tertiary/aromatic N) is 5. The van der Waals surface area contributed by atoms with Crippen molar-refractivity contribution in [2.45, 2.75) is 42.5 Å². The highest BCUT2D eigenvalue weighted by Gasteiger charge is 2.09. The van der Waals surface area contributed by atoms with Crippen LogP contribution in [0.25, 0.3) is 21.8 Å². The van der Waals surface area contributed by atoms with Gasteiger partial charge in [0.2, 0.25) is 0 Å². The molecule has 0 fully saturated rings. The zero-order valence-electron chi connectivity index (χ0n) is 18.1. The summed E-state index contributed by atoms with van der Waals surface area (Å²) >= 11 is 0. The van der Waals surface area contributed by atoms with E-state index in [1.807, 2.05) is 45.9 Å². The van der Waals surface area contributed by atoms with Gasteiger partial charge in [-0.15, -0.1) is 0 Å². The predicted molar refractivity (Wildman–Crippen MR) is 134 cm³/mol. The number of methoxy groups -OCH3 is 2. The molecule has 166 valence electrons. The van der Waals surface area contributed by atoms with Gasteiger partial charge in [0.15, 0.2) is 11.5 Å². The number of aryl methyl sites for hydroxylation is 4. The molecular formula is C23H31B2N5O2. The molecule has 0 saturated heterocycles. The Labute approximate surface area is 195 Å². The second kappa shape index (κ2) is 13.2. The number of hydrogen-bond acceptors (Lipinski definition) is 7. The Morgan fingerprint density at radius 2 is 1.16 bits per heavy atom. The molecule has 0 bridgehead atoms. The van der Waals surface area contributed by atoms with Crippen molar-refractivity contribution in [2.24, 2.45) is 0 Å². The van der Waals surface area contributed by atoms with Crippen LogP contribution in [-0.4, -0.2) is 56.0 Å². The molecule has 6 radical (unpaired) electrons. The Morgan fingerprint density at radius 1 is 0.656 bits per heavy atom. The first-order valence-electron chi connectivity index (χ1n) is 8.85. The Hall–Kier alpha value is -3.22. The summed E-state index contributed by atoms with van der Waals surface area (Å²) in [6, 6.07) is 5.71. The molecule has 32 heavy (non-hydrogen) atoms. The summed E-state index contributed by atoms with van der Waals surface area (Å²) < 4.78 is 10.5. The number of pyridine rings is 1. The summed E-state index contributed by atoms with van der Waals surface area (Å²) in [6.07, 6.45) is 3.52. The molecule has 3 heterocycles. The first-order valence-corrected chi connectivity index (χ1v) is 8.85. The highest BCUT2D eigenvalue weighted by molar-refractivity contribution is 5.84. The first kappa shape index (κ1) is 31.0. The average molecular weight is 431 g/mol. The number of benzene rings is 1. The van der Waals surface area contributed by atoms with Gasteiger partial charge < -0.3 is 9.47 Å². The molecule has 0 amide bonds. The van der Waals surface area contributed by atoms with E-state index in [4.69, 9.17) is 9.47 Å². The van der Waals surface area contributed by atoms with Gasteiger partial charge in [-0.3, -0.25) is 4.98 Å². The van der Waals surface area contributed by atoms with Crippen molar-refractivity contribution in [1.29, 1.82) is 0 Å². The van der Waals surface area contributed by atoms with Gasteiger partial charge >= 0.3 is 0 Å². The molecule has 0 saturated carbocycles. The summed E-state index contributed by atoms with van der Waals surface area (Å²) in [4.78, 5) is 21.2. The number of aromatic nitrogens is 5. The minimum atomic E-state index is 0. The van der Waals surface area contributed by atoms with E-state index in [1.165, 1.54) is 0 Å². The third-order valence-electron chi connectivity index (χ3n) is 4.31. The van der Waals surface area contributed by atoms with Crippen molar-refractivity contribution in [3.63, 3.8) is 0 Å². The fraction of sp³-hybridized carbons (Fsp3) is 0.348. The molecule has 0 aliphatic rings. The van der Waals surface area contributed by atoms with E-state index in [-0.39, 0.29) is 31.7 Å². The SMILES string of the molecule is C.C.COc1cc2nc(C)nc(C)c2cc1OC.Cc1nc(C)c2ccncc2n1.[B].[B]. The molecule has 0 atom stereocenters. The zero-order chi connectivity index (χ0) is 20.3. The largest absolute Gasteiger partial charge is 0.493 e. The van der Waals surface area contributed by atoms with Gasteiger partial charge in [0, 0.05) is 51.2 Å². The third-order valence-corrected chi connectivity index (χ3v) is 4.31. The van der Waals surface area contributed by atoms with E-state index in [0.717, 1.165) is 44.8 Å². The summed E-state index contributed by atoms with van der Waals surface area (Å²) in [6.45, 7) is 7.71. The van der Waals surface area contributed by atoms with Crippen LogP contribution in [0.1, 0.15) is 37.9 Å². The quantitative estimate of drug-likeness (QED) is 0.435. The Morgan fingerprint density at radius 3 is 1.72 bits per heavy atom. The number of ether oxygens (including phenoxy) is 2. The summed E-state index contributed by atoms with van der Waals surface area (Å²) in [5.74, 6) is 2.95. The lowest BCUT2D eigenvalue weighted by Gasteiger charge is -2.10. The van der Waals surface area contributed by atoms with Crippen molar-refractivity contribution < 1.29 is 9.47 Å². The van der Waals surface area contributed by atoms with Gasteiger partial charge in [0.1, 0.15) is 11.6 Å². The van der Waals surface area contributed by atoms with Crippen LogP contribution in [0, 0.1) is 27.7 Å². The average Bonchev–Trinajstić information content (AvgIpc) is 2.67. The molecule has 9 heteroatoms. The van der Waals surface area contributed by atoms with Crippen LogP contribution in [0.15, 0.2) is 30.6 Å². The highest BCUT2D eigenvalue weighted by atomic mass is 16.5. The predicted octanol–water partition coefficient (Wildman–Crippen LogP) is 4.42. The molecule has 7 nitrogen and oxygen atoms in total. The molecule has 0 aliphatic heterocycles. The number of rotatable bonds is 2. The molecule has 0 aliphatic carbocycles. The first-order chi connectivity index (χ1) is 13.4. The van der Waals surface area contributed by atoms with E-state index < -0.39 is 0 Å². The highest BCUT2D eigenvalue weighted by Crippen LogP contribution is 2.32. The minimum absolute atomic E-state index is 0. The lowest BCUT2D eigenvalue weighted by Crippen LogP contribution is -1.96. The van der Waals surface area contributed by atoms with Crippen molar-refractivity contribution >= 4 is 38.6 Å². The van der Waals surface area contributed by atoms with Crippen LogP contribution in [-0.2, 0) is 0 Å².